The van der Waals surface area contributed by atoms with Crippen molar-refractivity contribution in [2.45, 2.75) is 32.4 Å². The van der Waals surface area contributed by atoms with Gasteiger partial charge in [0.05, 0.1) is 7.11 Å². The summed E-state index contributed by atoms with van der Waals surface area (Å²) in [4.78, 5) is 1.15. The van der Waals surface area contributed by atoms with Crippen LogP contribution >= 0.6 is 11.5 Å². The van der Waals surface area contributed by atoms with E-state index in [0.717, 1.165) is 11.3 Å². The predicted molar refractivity (Wildman–Crippen MR) is 61.4 cm³/mol. The second-order valence-corrected chi connectivity index (χ2v) is 4.41. The van der Waals surface area contributed by atoms with Gasteiger partial charge in [0.15, 0.2) is 0 Å². The highest BCUT2D eigenvalue weighted by atomic mass is 32.1. The van der Waals surface area contributed by atoms with Crippen LogP contribution in [0.2, 0.25) is 0 Å². The lowest BCUT2D eigenvalue weighted by Gasteiger charge is -2.17. The highest BCUT2D eigenvalue weighted by molar-refractivity contribution is 7.06. The van der Waals surface area contributed by atoms with Gasteiger partial charge < -0.3 is 15.2 Å². The van der Waals surface area contributed by atoms with E-state index in [1.165, 1.54) is 11.5 Å². The van der Waals surface area contributed by atoms with E-state index in [1.807, 2.05) is 6.07 Å². The minimum Gasteiger partial charge on any atom is -0.480 e. The Balaban J connectivity index is 2.49. The summed E-state index contributed by atoms with van der Waals surface area (Å²) in [6.07, 6.45) is 0.764. The van der Waals surface area contributed by atoms with Gasteiger partial charge in [-0.2, -0.15) is 4.37 Å². The Hall–Kier alpha value is -0.650. The first-order valence-corrected chi connectivity index (χ1v) is 5.82. The smallest absolute Gasteiger partial charge is 0.225 e. The number of aliphatic hydroxyl groups excluding tert-OH is 1. The zero-order valence-corrected chi connectivity index (χ0v) is 10.2. The van der Waals surface area contributed by atoms with Crippen LogP contribution in [0.4, 0.5) is 0 Å². The molecule has 1 heterocycles. The lowest BCUT2D eigenvalue weighted by atomic mass is 10.2. The molecule has 1 aromatic heterocycles. The molecule has 0 aliphatic heterocycles. The van der Waals surface area contributed by atoms with Crippen molar-refractivity contribution in [3.8, 4) is 5.88 Å². The van der Waals surface area contributed by atoms with Gasteiger partial charge in [-0.15, -0.1) is 0 Å². The molecule has 2 N–H and O–H groups in total. The third kappa shape index (κ3) is 3.77. The summed E-state index contributed by atoms with van der Waals surface area (Å²) in [5.41, 5.74) is 0. The normalized spacial score (nSPS) is 14.9. The van der Waals surface area contributed by atoms with E-state index in [4.69, 9.17) is 9.84 Å². The van der Waals surface area contributed by atoms with Crippen LogP contribution in [0.3, 0.4) is 0 Å². The van der Waals surface area contributed by atoms with Crippen molar-refractivity contribution in [2.75, 3.05) is 13.7 Å². The second kappa shape index (κ2) is 6.05. The topological polar surface area (TPSA) is 54.4 Å². The molecule has 0 saturated heterocycles. The molecule has 86 valence electrons. The van der Waals surface area contributed by atoms with Crippen molar-refractivity contribution in [1.29, 1.82) is 0 Å². The highest BCUT2D eigenvalue weighted by Crippen LogP contribution is 2.23. The van der Waals surface area contributed by atoms with Gasteiger partial charge in [-0.1, -0.05) is 0 Å². The molecule has 0 radical (unpaired) electrons. The molecule has 1 rings (SSSR count). The number of ether oxygens (including phenoxy) is 1. The summed E-state index contributed by atoms with van der Waals surface area (Å²) in [7, 11) is 1.62. The van der Waals surface area contributed by atoms with Gasteiger partial charge >= 0.3 is 0 Å². The molecule has 2 unspecified atom stereocenters. The molecule has 0 bridgehead atoms. The molecule has 1 aromatic rings. The lowest BCUT2D eigenvalue weighted by Crippen LogP contribution is -2.29. The molecule has 0 spiro atoms. The van der Waals surface area contributed by atoms with Crippen LogP contribution in [0.5, 0.6) is 5.88 Å². The Morgan fingerprint density at radius 3 is 2.87 bits per heavy atom. The van der Waals surface area contributed by atoms with Gasteiger partial charge in [0.2, 0.25) is 5.88 Å². The van der Waals surface area contributed by atoms with Crippen LogP contribution in [0.1, 0.15) is 31.2 Å². The van der Waals surface area contributed by atoms with Gasteiger partial charge in [0.25, 0.3) is 0 Å². The molecule has 0 aliphatic rings. The van der Waals surface area contributed by atoms with Crippen molar-refractivity contribution in [3.05, 3.63) is 10.9 Å². The fraction of sp³-hybridized carbons (Fsp3) is 0.700. The van der Waals surface area contributed by atoms with Crippen LogP contribution in [-0.2, 0) is 0 Å². The molecule has 0 fully saturated rings. The third-order valence-corrected chi connectivity index (χ3v) is 3.19. The largest absolute Gasteiger partial charge is 0.480 e. The van der Waals surface area contributed by atoms with Crippen molar-refractivity contribution in [2.24, 2.45) is 0 Å². The predicted octanol–water partition coefficient (Wildman–Crippen LogP) is 1.57. The molecule has 0 aliphatic carbocycles. The number of aromatic nitrogens is 1. The number of nitrogens with zero attached hydrogens (tertiary/aromatic N) is 1. The quantitative estimate of drug-likeness (QED) is 0.779. The maximum atomic E-state index is 8.79. The van der Waals surface area contributed by atoms with Crippen molar-refractivity contribution >= 4 is 11.5 Å². The molecule has 2 atom stereocenters. The van der Waals surface area contributed by atoms with Gasteiger partial charge in [-0.25, -0.2) is 0 Å². The Morgan fingerprint density at radius 2 is 2.33 bits per heavy atom. The van der Waals surface area contributed by atoms with Gasteiger partial charge in [0, 0.05) is 29.6 Å². The lowest BCUT2D eigenvalue weighted by molar-refractivity contribution is 0.265. The zero-order valence-electron chi connectivity index (χ0n) is 9.36. The van der Waals surface area contributed by atoms with Crippen LogP contribution in [-0.4, -0.2) is 29.2 Å². The molecule has 0 saturated carbocycles. The maximum Gasteiger partial charge on any atom is 0.225 e. The minimum atomic E-state index is 0.215. The average Bonchev–Trinajstić information content (AvgIpc) is 2.66. The highest BCUT2D eigenvalue weighted by Gasteiger charge is 2.12. The molecule has 0 amide bonds. The number of methoxy groups -OCH3 is 1. The maximum absolute atomic E-state index is 8.79. The summed E-state index contributed by atoms with van der Waals surface area (Å²) < 4.78 is 9.17. The van der Waals surface area contributed by atoms with E-state index in [-0.39, 0.29) is 12.6 Å². The van der Waals surface area contributed by atoms with Crippen molar-refractivity contribution in [3.63, 3.8) is 0 Å². The van der Waals surface area contributed by atoms with E-state index in [1.54, 1.807) is 7.11 Å². The first-order valence-electron chi connectivity index (χ1n) is 5.05. The van der Waals surface area contributed by atoms with Crippen LogP contribution in [0, 0.1) is 0 Å². The van der Waals surface area contributed by atoms with Crippen molar-refractivity contribution < 1.29 is 9.84 Å². The number of hydrogen-bond acceptors (Lipinski definition) is 5. The number of rotatable bonds is 6. The van der Waals surface area contributed by atoms with E-state index in [2.05, 4.69) is 23.5 Å². The van der Waals surface area contributed by atoms with Crippen molar-refractivity contribution in [1.82, 2.24) is 9.69 Å². The fourth-order valence-electron chi connectivity index (χ4n) is 1.36. The van der Waals surface area contributed by atoms with Gasteiger partial charge in [0.1, 0.15) is 0 Å². The molecule has 15 heavy (non-hydrogen) atoms. The first kappa shape index (κ1) is 12.4. The Labute approximate surface area is 94.4 Å². The third-order valence-electron chi connectivity index (χ3n) is 2.24. The summed E-state index contributed by atoms with van der Waals surface area (Å²) in [6.45, 7) is 4.36. The molecular formula is C10H18N2O2S. The first-order chi connectivity index (χ1) is 7.17. The summed E-state index contributed by atoms with van der Waals surface area (Å²) >= 11 is 1.44. The van der Waals surface area contributed by atoms with Crippen LogP contribution in [0.15, 0.2) is 6.07 Å². The summed E-state index contributed by atoms with van der Waals surface area (Å²) in [5, 5.41) is 12.2. The van der Waals surface area contributed by atoms with E-state index < -0.39 is 0 Å². The molecular weight excluding hydrogens is 212 g/mol. The number of aliphatic hydroxyl groups is 1. The molecule has 5 heteroatoms. The molecule has 4 nitrogen and oxygen atoms in total. The van der Waals surface area contributed by atoms with E-state index in [9.17, 15) is 0 Å². The standard InChI is InChI=1S/C10H18N2O2S/c1-7(4-5-13)11-8(2)9-6-10(14-3)12-15-9/h6-8,11,13H,4-5H2,1-3H3. The Morgan fingerprint density at radius 1 is 1.60 bits per heavy atom. The monoisotopic (exact) mass is 230 g/mol. The van der Waals surface area contributed by atoms with E-state index >= 15 is 0 Å². The van der Waals surface area contributed by atoms with E-state index in [0.29, 0.717) is 11.9 Å². The number of nitrogens with one attached hydrogen (secondary N) is 1. The van der Waals surface area contributed by atoms with Crippen LogP contribution < -0.4 is 10.1 Å². The second-order valence-electron chi connectivity index (χ2n) is 3.57. The Bertz CT molecular complexity index is 291. The van der Waals surface area contributed by atoms with Gasteiger partial charge in [-0.05, 0) is 31.8 Å². The molecule has 0 aromatic carbocycles. The SMILES string of the molecule is COc1cc(C(C)NC(C)CCO)sn1. The Kier molecular flexibility index (Phi) is 5.01. The van der Waals surface area contributed by atoms with Crippen LogP contribution in [0.25, 0.3) is 0 Å². The summed E-state index contributed by atoms with van der Waals surface area (Å²) in [5.74, 6) is 0.665. The minimum absolute atomic E-state index is 0.215. The zero-order chi connectivity index (χ0) is 11.3. The summed E-state index contributed by atoms with van der Waals surface area (Å²) in [6, 6.07) is 2.49. The fourth-order valence-corrected chi connectivity index (χ4v) is 2.06. The average molecular weight is 230 g/mol. The number of hydrogen-bond donors (Lipinski definition) is 2. The van der Waals surface area contributed by atoms with Gasteiger partial charge in [-0.3, -0.25) is 0 Å².